The number of anilines is 1. The zero-order chi connectivity index (χ0) is 14.9. The van der Waals surface area contributed by atoms with Gasteiger partial charge in [0.1, 0.15) is 24.8 Å². The average molecular weight is 299 g/mol. The SMILES string of the molecule is Cc1cc(N2CC3CN(CCn4cncn4)CC3C2)ncn1. The summed E-state index contributed by atoms with van der Waals surface area (Å²) in [6.45, 7) is 8.59. The monoisotopic (exact) mass is 299 g/mol. The van der Waals surface area contributed by atoms with Gasteiger partial charge in [-0.2, -0.15) is 5.10 Å². The molecule has 2 unspecified atom stereocenters. The van der Waals surface area contributed by atoms with Gasteiger partial charge in [0.05, 0.1) is 6.54 Å². The van der Waals surface area contributed by atoms with Gasteiger partial charge in [0.2, 0.25) is 0 Å². The van der Waals surface area contributed by atoms with Crippen LogP contribution in [0.1, 0.15) is 5.69 Å². The van der Waals surface area contributed by atoms with Gasteiger partial charge in [-0.05, 0) is 18.8 Å². The van der Waals surface area contributed by atoms with Crippen molar-refractivity contribution in [3.63, 3.8) is 0 Å². The Morgan fingerprint density at radius 1 is 1.05 bits per heavy atom. The van der Waals surface area contributed by atoms with Crippen molar-refractivity contribution in [1.29, 1.82) is 0 Å². The van der Waals surface area contributed by atoms with Gasteiger partial charge in [0, 0.05) is 44.5 Å². The first kappa shape index (κ1) is 13.6. The largest absolute Gasteiger partial charge is 0.356 e. The lowest BCUT2D eigenvalue weighted by Crippen LogP contribution is -2.31. The molecule has 2 aromatic rings. The molecule has 7 heteroatoms. The first-order chi connectivity index (χ1) is 10.8. The lowest BCUT2D eigenvalue weighted by Gasteiger charge is -2.22. The van der Waals surface area contributed by atoms with Gasteiger partial charge < -0.3 is 9.80 Å². The van der Waals surface area contributed by atoms with Crippen LogP contribution in [0.5, 0.6) is 0 Å². The molecule has 2 aromatic heterocycles. The van der Waals surface area contributed by atoms with Gasteiger partial charge in [-0.15, -0.1) is 0 Å². The molecular formula is C15H21N7. The van der Waals surface area contributed by atoms with Crippen LogP contribution in [0.2, 0.25) is 0 Å². The number of fused-ring (bicyclic) bond motifs is 1. The minimum absolute atomic E-state index is 0.756. The Hall–Kier alpha value is -2.02. The van der Waals surface area contributed by atoms with Crippen LogP contribution in [0.15, 0.2) is 25.0 Å². The summed E-state index contributed by atoms with van der Waals surface area (Å²) in [6.07, 6.45) is 5.06. The van der Waals surface area contributed by atoms with E-state index in [1.807, 2.05) is 11.6 Å². The van der Waals surface area contributed by atoms with Gasteiger partial charge in [-0.3, -0.25) is 4.68 Å². The number of nitrogens with zero attached hydrogens (tertiary/aromatic N) is 7. The smallest absolute Gasteiger partial charge is 0.137 e. The summed E-state index contributed by atoms with van der Waals surface area (Å²) in [5.41, 5.74) is 1.04. The van der Waals surface area contributed by atoms with E-state index in [0.29, 0.717) is 0 Å². The predicted octanol–water partition coefficient (Wildman–Crippen LogP) is 0.445. The molecule has 2 saturated heterocycles. The molecule has 0 radical (unpaired) electrons. The van der Waals surface area contributed by atoms with E-state index in [-0.39, 0.29) is 0 Å². The fourth-order valence-corrected chi connectivity index (χ4v) is 3.67. The molecule has 0 saturated carbocycles. The second-order valence-corrected chi connectivity index (χ2v) is 6.36. The van der Waals surface area contributed by atoms with Crippen molar-refractivity contribution in [3.05, 3.63) is 30.7 Å². The van der Waals surface area contributed by atoms with Crippen molar-refractivity contribution in [2.75, 3.05) is 37.6 Å². The number of rotatable bonds is 4. The molecule has 4 rings (SSSR count). The fourth-order valence-electron chi connectivity index (χ4n) is 3.67. The lowest BCUT2D eigenvalue weighted by molar-refractivity contribution is 0.296. The molecular weight excluding hydrogens is 278 g/mol. The molecule has 2 atom stereocenters. The average Bonchev–Trinajstić information content (AvgIpc) is 3.21. The van der Waals surface area contributed by atoms with E-state index in [0.717, 1.165) is 49.5 Å². The van der Waals surface area contributed by atoms with E-state index in [4.69, 9.17) is 0 Å². The van der Waals surface area contributed by atoms with E-state index in [9.17, 15) is 0 Å². The van der Waals surface area contributed by atoms with Crippen LogP contribution >= 0.6 is 0 Å². The van der Waals surface area contributed by atoms with Crippen LogP contribution in [0.25, 0.3) is 0 Å². The van der Waals surface area contributed by atoms with Crippen LogP contribution in [-0.2, 0) is 6.54 Å². The third-order valence-electron chi connectivity index (χ3n) is 4.79. The summed E-state index contributed by atoms with van der Waals surface area (Å²) in [5, 5.41) is 4.17. The molecule has 4 heterocycles. The predicted molar refractivity (Wildman–Crippen MR) is 82.4 cm³/mol. The molecule has 2 aliphatic heterocycles. The van der Waals surface area contributed by atoms with Gasteiger partial charge in [-0.1, -0.05) is 0 Å². The number of aromatic nitrogens is 5. The van der Waals surface area contributed by atoms with Gasteiger partial charge in [0.15, 0.2) is 0 Å². The Labute approximate surface area is 130 Å². The van der Waals surface area contributed by atoms with Crippen LogP contribution < -0.4 is 4.90 Å². The zero-order valence-corrected chi connectivity index (χ0v) is 12.8. The summed E-state index contributed by atoms with van der Waals surface area (Å²) in [6, 6.07) is 2.09. The molecule has 0 spiro atoms. The van der Waals surface area contributed by atoms with Crippen LogP contribution in [0.3, 0.4) is 0 Å². The van der Waals surface area contributed by atoms with E-state index >= 15 is 0 Å². The highest BCUT2D eigenvalue weighted by Crippen LogP contribution is 2.33. The highest BCUT2D eigenvalue weighted by molar-refractivity contribution is 5.40. The molecule has 0 aromatic carbocycles. The second-order valence-electron chi connectivity index (χ2n) is 6.36. The summed E-state index contributed by atoms with van der Waals surface area (Å²) in [4.78, 5) is 17.6. The molecule has 2 aliphatic rings. The minimum Gasteiger partial charge on any atom is -0.356 e. The number of aryl methyl sites for hydroxylation is 1. The third kappa shape index (κ3) is 2.68. The molecule has 7 nitrogen and oxygen atoms in total. The Kier molecular flexibility index (Phi) is 3.49. The minimum atomic E-state index is 0.756. The van der Waals surface area contributed by atoms with Crippen molar-refractivity contribution in [2.24, 2.45) is 11.8 Å². The maximum atomic E-state index is 4.42. The first-order valence-corrected chi connectivity index (χ1v) is 7.86. The standard InChI is InChI=1S/C15H21N7/c1-12-4-15(18-10-17-12)21-7-13-5-20(6-14(13)8-21)2-3-22-11-16-9-19-22/h4,9-11,13-14H,2-3,5-8H2,1H3. The Bertz CT molecular complexity index is 613. The molecule has 0 amide bonds. The number of hydrogen-bond acceptors (Lipinski definition) is 6. The van der Waals surface area contributed by atoms with Gasteiger partial charge in [0.25, 0.3) is 0 Å². The highest BCUT2D eigenvalue weighted by atomic mass is 15.3. The van der Waals surface area contributed by atoms with Crippen LogP contribution in [0.4, 0.5) is 5.82 Å². The summed E-state index contributed by atoms with van der Waals surface area (Å²) in [7, 11) is 0. The summed E-state index contributed by atoms with van der Waals surface area (Å²) < 4.78 is 1.91. The van der Waals surface area contributed by atoms with Crippen LogP contribution in [0, 0.1) is 18.8 Å². The van der Waals surface area contributed by atoms with Crippen molar-refractivity contribution in [3.8, 4) is 0 Å². The van der Waals surface area contributed by atoms with Crippen molar-refractivity contribution in [2.45, 2.75) is 13.5 Å². The van der Waals surface area contributed by atoms with E-state index in [1.54, 1.807) is 19.0 Å². The van der Waals surface area contributed by atoms with Gasteiger partial charge >= 0.3 is 0 Å². The quantitative estimate of drug-likeness (QED) is 0.816. The molecule has 22 heavy (non-hydrogen) atoms. The Morgan fingerprint density at radius 2 is 1.86 bits per heavy atom. The fraction of sp³-hybridized carbons (Fsp3) is 0.600. The lowest BCUT2D eigenvalue weighted by atomic mass is 10.0. The summed E-state index contributed by atoms with van der Waals surface area (Å²) >= 11 is 0. The zero-order valence-electron chi connectivity index (χ0n) is 12.8. The molecule has 0 N–H and O–H groups in total. The second kappa shape index (κ2) is 5.64. The highest BCUT2D eigenvalue weighted by Gasteiger charge is 2.40. The van der Waals surface area contributed by atoms with E-state index in [1.165, 1.54) is 13.1 Å². The third-order valence-corrected chi connectivity index (χ3v) is 4.79. The molecule has 0 bridgehead atoms. The van der Waals surface area contributed by atoms with Crippen molar-refractivity contribution < 1.29 is 0 Å². The van der Waals surface area contributed by atoms with Gasteiger partial charge in [-0.25, -0.2) is 15.0 Å². The van der Waals surface area contributed by atoms with Crippen molar-refractivity contribution >= 4 is 5.82 Å². The maximum absolute atomic E-state index is 4.42. The maximum Gasteiger partial charge on any atom is 0.137 e. The Morgan fingerprint density at radius 3 is 2.55 bits per heavy atom. The normalized spacial score (nSPS) is 24.9. The number of hydrogen-bond donors (Lipinski definition) is 0. The van der Waals surface area contributed by atoms with E-state index < -0.39 is 0 Å². The molecule has 116 valence electrons. The Balaban J connectivity index is 1.32. The first-order valence-electron chi connectivity index (χ1n) is 7.86. The summed E-state index contributed by atoms with van der Waals surface area (Å²) in [5.74, 6) is 2.59. The molecule has 2 fully saturated rings. The molecule has 0 aliphatic carbocycles. The number of likely N-dealkylation sites (tertiary alicyclic amines) is 1. The van der Waals surface area contributed by atoms with Crippen molar-refractivity contribution in [1.82, 2.24) is 29.6 Å². The van der Waals surface area contributed by atoms with Crippen LogP contribution in [-0.4, -0.2) is 62.4 Å². The topological polar surface area (TPSA) is 63.0 Å². The van der Waals surface area contributed by atoms with E-state index in [2.05, 4.69) is 35.9 Å².